The summed E-state index contributed by atoms with van der Waals surface area (Å²) in [5.74, 6) is 1.00. The standard InChI is InChI=1S/C21H24ClNO5S/c22-17-4-1-3-16(11-17)13-21(15-24)7-2-8-23(14-21)29(25,26)18-5-6-19-20(12-18)28-10-9-27-19/h1,3-6,11-12,24H,2,7-10,13-15H2. The van der Waals surface area contributed by atoms with E-state index in [4.69, 9.17) is 21.1 Å². The molecule has 0 saturated carbocycles. The fraction of sp³-hybridized carbons (Fsp3) is 0.429. The van der Waals surface area contributed by atoms with Crippen LogP contribution in [0.1, 0.15) is 18.4 Å². The number of sulfonamides is 1. The van der Waals surface area contributed by atoms with Crippen molar-refractivity contribution in [2.75, 3.05) is 32.9 Å². The molecule has 0 spiro atoms. The Bertz CT molecular complexity index is 996. The highest BCUT2D eigenvalue weighted by atomic mass is 35.5. The van der Waals surface area contributed by atoms with Crippen molar-refractivity contribution in [3.05, 3.63) is 53.1 Å². The van der Waals surface area contributed by atoms with E-state index in [0.717, 1.165) is 12.0 Å². The molecule has 1 N–H and O–H groups in total. The van der Waals surface area contributed by atoms with Gasteiger partial charge in [0.1, 0.15) is 13.2 Å². The van der Waals surface area contributed by atoms with Gasteiger partial charge in [-0.2, -0.15) is 4.31 Å². The number of rotatable bonds is 5. The van der Waals surface area contributed by atoms with E-state index in [0.29, 0.717) is 49.1 Å². The molecule has 0 radical (unpaired) electrons. The quantitative estimate of drug-likeness (QED) is 0.777. The third-order valence-corrected chi connectivity index (χ3v) is 7.66. The molecule has 156 valence electrons. The van der Waals surface area contributed by atoms with Crippen LogP contribution in [0.15, 0.2) is 47.4 Å². The molecule has 8 heteroatoms. The van der Waals surface area contributed by atoms with Crippen molar-refractivity contribution < 1.29 is 23.0 Å². The molecule has 0 amide bonds. The first-order chi connectivity index (χ1) is 13.9. The van der Waals surface area contributed by atoms with Crippen LogP contribution < -0.4 is 9.47 Å². The molecular formula is C21H24ClNO5S. The van der Waals surface area contributed by atoms with Crippen LogP contribution in [0.3, 0.4) is 0 Å². The molecular weight excluding hydrogens is 414 g/mol. The van der Waals surface area contributed by atoms with Crippen molar-refractivity contribution in [2.45, 2.75) is 24.2 Å². The van der Waals surface area contributed by atoms with Crippen LogP contribution in [-0.2, 0) is 16.4 Å². The highest BCUT2D eigenvalue weighted by Gasteiger charge is 2.40. The van der Waals surface area contributed by atoms with Crippen LogP contribution in [0.2, 0.25) is 5.02 Å². The molecule has 1 saturated heterocycles. The first kappa shape index (κ1) is 20.5. The van der Waals surface area contributed by atoms with Crippen molar-refractivity contribution >= 4 is 21.6 Å². The van der Waals surface area contributed by atoms with E-state index in [1.54, 1.807) is 18.2 Å². The Morgan fingerprint density at radius 1 is 1.10 bits per heavy atom. The summed E-state index contributed by atoms with van der Waals surface area (Å²) in [5.41, 5.74) is 0.453. The molecule has 2 aromatic rings. The summed E-state index contributed by atoms with van der Waals surface area (Å²) in [7, 11) is -3.72. The number of aliphatic hydroxyl groups is 1. The summed E-state index contributed by atoms with van der Waals surface area (Å²) in [5, 5.41) is 10.8. The lowest BCUT2D eigenvalue weighted by Gasteiger charge is -2.41. The Balaban J connectivity index is 1.59. The number of aliphatic hydroxyl groups excluding tert-OH is 1. The summed E-state index contributed by atoms with van der Waals surface area (Å²) in [4.78, 5) is 0.179. The number of nitrogens with zero attached hydrogens (tertiary/aromatic N) is 1. The fourth-order valence-electron chi connectivity index (χ4n) is 4.11. The number of ether oxygens (including phenoxy) is 2. The van der Waals surface area contributed by atoms with E-state index < -0.39 is 15.4 Å². The lowest BCUT2D eigenvalue weighted by atomic mass is 9.76. The van der Waals surface area contributed by atoms with Crippen LogP contribution in [0.25, 0.3) is 0 Å². The Kier molecular flexibility index (Phi) is 5.75. The van der Waals surface area contributed by atoms with Gasteiger partial charge in [0.25, 0.3) is 0 Å². The first-order valence-corrected chi connectivity index (χ1v) is 11.5. The summed E-state index contributed by atoms with van der Waals surface area (Å²) < 4.78 is 39.1. The summed E-state index contributed by atoms with van der Waals surface area (Å²) in [6, 6.07) is 12.2. The highest BCUT2D eigenvalue weighted by Crippen LogP contribution is 2.38. The maximum Gasteiger partial charge on any atom is 0.243 e. The Morgan fingerprint density at radius 3 is 2.66 bits per heavy atom. The average Bonchev–Trinajstić information content (AvgIpc) is 2.73. The van der Waals surface area contributed by atoms with Crippen molar-refractivity contribution in [2.24, 2.45) is 5.41 Å². The molecule has 6 nitrogen and oxygen atoms in total. The minimum Gasteiger partial charge on any atom is -0.486 e. The Morgan fingerprint density at radius 2 is 1.90 bits per heavy atom. The maximum absolute atomic E-state index is 13.3. The smallest absolute Gasteiger partial charge is 0.243 e. The van der Waals surface area contributed by atoms with Gasteiger partial charge in [-0.25, -0.2) is 8.42 Å². The lowest BCUT2D eigenvalue weighted by molar-refractivity contribution is 0.0645. The predicted molar refractivity (Wildman–Crippen MR) is 110 cm³/mol. The topological polar surface area (TPSA) is 76.1 Å². The zero-order chi connectivity index (χ0) is 20.5. The summed E-state index contributed by atoms with van der Waals surface area (Å²) in [6.07, 6.45) is 2.01. The van der Waals surface area contributed by atoms with E-state index in [2.05, 4.69) is 0 Å². The SMILES string of the molecule is O=S(=O)(c1ccc2c(c1)OCCO2)N1CCCC(CO)(Cc2cccc(Cl)c2)C1. The molecule has 2 aromatic carbocycles. The number of hydrogen-bond donors (Lipinski definition) is 1. The van der Waals surface area contributed by atoms with Gasteiger partial charge in [-0.05, 0) is 49.1 Å². The molecule has 0 bridgehead atoms. The molecule has 2 heterocycles. The number of fused-ring (bicyclic) bond motifs is 1. The highest BCUT2D eigenvalue weighted by molar-refractivity contribution is 7.89. The summed E-state index contributed by atoms with van der Waals surface area (Å²) >= 11 is 6.10. The zero-order valence-corrected chi connectivity index (χ0v) is 17.6. The van der Waals surface area contributed by atoms with Crippen LogP contribution in [-0.4, -0.2) is 50.7 Å². The molecule has 0 aliphatic carbocycles. The molecule has 1 fully saturated rings. The molecule has 0 aromatic heterocycles. The Labute approximate surface area is 176 Å². The monoisotopic (exact) mass is 437 g/mol. The van der Waals surface area contributed by atoms with E-state index >= 15 is 0 Å². The van der Waals surface area contributed by atoms with Crippen molar-refractivity contribution in [1.29, 1.82) is 0 Å². The third kappa shape index (κ3) is 4.23. The van der Waals surface area contributed by atoms with Crippen LogP contribution >= 0.6 is 11.6 Å². The maximum atomic E-state index is 13.3. The van der Waals surface area contributed by atoms with Gasteiger partial charge in [-0.3, -0.25) is 0 Å². The molecule has 4 rings (SSSR count). The minimum atomic E-state index is -3.72. The lowest BCUT2D eigenvalue weighted by Crippen LogP contribution is -2.48. The number of benzene rings is 2. The normalized spacial score (nSPS) is 22.4. The Hall–Kier alpha value is -1.80. The van der Waals surface area contributed by atoms with Gasteiger partial charge in [-0.15, -0.1) is 0 Å². The van der Waals surface area contributed by atoms with Gasteiger partial charge in [0.15, 0.2) is 11.5 Å². The second-order valence-corrected chi connectivity index (χ2v) is 10.1. The zero-order valence-electron chi connectivity index (χ0n) is 16.0. The van der Waals surface area contributed by atoms with Crippen LogP contribution in [0.5, 0.6) is 11.5 Å². The van der Waals surface area contributed by atoms with Gasteiger partial charge in [0, 0.05) is 29.6 Å². The van der Waals surface area contributed by atoms with Crippen LogP contribution in [0, 0.1) is 5.41 Å². The van der Waals surface area contributed by atoms with Gasteiger partial charge >= 0.3 is 0 Å². The summed E-state index contributed by atoms with van der Waals surface area (Å²) in [6.45, 7) is 1.44. The van der Waals surface area contributed by atoms with E-state index in [-0.39, 0.29) is 18.0 Å². The largest absolute Gasteiger partial charge is 0.486 e. The number of halogens is 1. The third-order valence-electron chi connectivity index (χ3n) is 5.58. The van der Waals surface area contributed by atoms with Gasteiger partial charge in [-0.1, -0.05) is 23.7 Å². The molecule has 2 aliphatic heterocycles. The first-order valence-electron chi connectivity index (χ1n) is 9.67. The minimum absolute atomic E-state index is 0.0906. The molecule has 1 unspecified atom stereocenters. The van der Waals surface area contributed by atoms with Crippen LogP contribution in [0.4, 0.5) is 0 Å². The second kappa shape index (κ2) is 8.14. The van der Waals surface area contributed by atoms with Gasteiger partial charge in [0.2, 0.25) is 10.0 Å². The molecule has 1 atom stereocenters. The van der Waals surface area contributed by atoms with Gasteiger partial charge < -0.3 is 14.6 Å². The fourth-order valence-corrected chi connectivity index (χ4v) is 5.93. The van der Waals surface area contributed by atoms with Crippen molar-refractivity contribution in [3.63, 3.8) is 0 Å². The van der Waals surface area contributed by atoms with E-state index in [9.17, 15) is 13.5 Å². The number of hydrogen-bond acceptors (Lipinski definition) is 5. The number of piperidine rings is 1. The van der Waals surface area contributed by atoms with Crippen molar-refractivity contribution in [1.82, 2.24) is 4.31 Å². The molecule has 2 aliphatic rings. The average molecular weight is 438 g/mol. The second-order valence-electron chi connectivity index (χ2n) is 7.71. The van der Waals surface area contributed by atoms with Crippen molar-refractivity contribution in [3.8, 4) is 11.5 Å². The van der Waals surface area contributed by atoms with E-state index in [1.165, 1.54) is 10.4 Å². The molecule has 29 heavy (non-hydrogen) atoms. The van der Waals surface area contributed by atoms with Gasteiger partial charge in [0.05, 0.1) is 11.5 Å². The van der Waals surface area contributed by atoms with E-state index in [1.807, 2.05) is 18.2 Å². The predicted octanol–water partition coefficient (Wildman–Crippen LogP) is 3.12.